The first-order valence-electron chi connectivity index (χ1n) is 3.72. The SMILES string of the molecule is FC1CC(F)C(C(F)F)C(F)C1. The van der Waals surface area contributed by atoms with E-state index in [-0.39, 0.29) is 0 Å². The molecular weight excluding hydrogens is 179 g/mol. The van der Waals surface area contributed by atoms with Crippen LogP contribution in [0.4, 0.5) is 22.0 Å². The molecule has 2 atom stereocenters. The van der Waals surface area contributed by atoms with Crippen molar-refractivity contribution in [1.82, 2.24) is 0 Å². The lowest BCUT2D eigenvalue weighted by Gasteiger charge is -2.30. The van der Waals surface area contributed by atoms with Crippen molar-refractivity contribution in [3.8, 4) is 0 Å². The highest BCUT2D eigenvalue weighted by Crippen LogP contribution is 2.35. The fourth-order valence-electron chi connectivity index (χ4n) is 1.44. The molecule has 0 radical (unpaired) electrons. The number of halogens is 5. The van der Waals surface area contributed by atoms with Gasteiger partial charge >= 0.3 is 0 Å². The van der Waals surface area contributed by atoms with Gasteiger partial charge in [0.2, 0.25) is 6.43 Å². The average molecular weight is 188 g/mol. The van der Waals surface area contributed by atoms with Gasteiger partial charge in [-0.2, -0.15) is 0 Å². The van der Waals surface area contributed by atoms with Gasteiger partial charge in [0.15, 0.2) is 0 Å². The second-order valence-corrected chi connectivity index (χ2v) is 3.01. The molecule has 0 aromatic rings. The van der Waals surface area contributed by atoms with E-state index in [0.29, 0.717) is 0 Å². The van der Waals surface area contributed by atoms with Gasteiger partial charge in [-0.15, -0.1) is 0 Å². The lowest BCUT2D eigenvalue weighted by atomic mass is 9.85. The van der Waals surface area contributed by atoms with Crippen LogP contribution in [-0.2, 0) is 0 Å². The molecule has 0 spiro atoms. The first-order chi connectivity index (χ1) is 5.52. The Hall–Kier alpha value is -0.350. The van der Waals surface area contributed by atoms with Crippen LogP contribution in [0.3, 0.4) is 0 Å². The molecule has 12 heavy (non-hydrogen) atoms. The van der Waals surface area contributed by atoms with Crippen molar-refractivity contribution in [3.63, 3.8) is 0 Å². The second-order valence-electron chi connectivity index (χ2n) is 3.01. The molecular formula is C7H9F5. The topological polar surface area (TPSA) is 0 Å². The van der Waals surface area contributed by atoms with Crippen molar-refractivity contribution in [3.05, 3.63) is 0 Å². The Morgan fingerprint density at radius 2 is 1.33 bits per heavy atom. The largest absolute Gasteiger partial charge is 0.247 e. The third kappa shape index (κ3) is 1.87. The number of hydrogen-bond donors (Lipinski definition) is 0. The Balaban J connectivity index is 2.60. The lowest BCUT2D eigenvalue weighted by molar-refractivity contribution is -0.0572. The Labute approximate surface area is 66.8 Å². The van der Waals surface area contributed by atoms with Gasteiger partial charge in [-0.25, -0.2) is 22.0 Å². The van der Waals surface area contributed by atoms with Crippen molar-refractivity contribution in [2.45, 2.75) is 37.8 Å². The van der Waals surface area contributed by atoms with Gasteiger partial charge in [-0.3, -0.25) is 0 Å². The van der Waals surface area contributed by atoms with Crippen LogP contribution in [0, 0.1) is 5.92 Å². The van der Waals surface area contributed by atoms with E-state index in [4.69, 9.17) is 0 Å². The van der Waals surface area contributed by atoms with Gasteiger partial charge in [0.05, 0.1) is 5.92 Å². The van der Waals surface area contributed by atoms with Crippen LogP contribution in [-0.4, -0.2) is 24.9 Å². The predicted octanol–water partition coefficient (Wildman–Crippen LogP) is 2.68. The van der Waals surface area contributed by atoms with Crippen molar-refractivity contribution >= 4 is 0 Å². The zero-order chi connectivity index (χ0) is 9.30. The standard InChI is InChI=1S/C7H9F5/c8-3-1-4(9)6(7(11)12)5(10)2-3/h3-7H,1-2H2. The molecule has 0 saturated heterocycles. The minimum atomic E-state index is -3.04. The van der Waals surface area contributed by atoms with E-state index in [0.717, 1.165) is 0 Å². The summed E-state index contributed by atoms with van der Waals surface area (Å²) in [4.78, 5) is 0. The molecule has 0 aliphatic heterocycles. The average Bonchev–Trinajstić information content (AvgIpc) is 1.82. The van der Waals surface area contributed by atoms with Gasteiger partial charge < -0.3 is 0 Å². The maximum atomic E-state index is 12.6. The van der Waals surface area contributed by atoms with E-state index in [2.05, 4.69) is 0 Å². The van der Waals surface area contributed by atoms with Crippen LogP contribution in [0.5, 0.6) is 0 Å². The molecule has 5 heteroatoms. The molecule has 0 nitrogen and oxygen atoms in total. The zero-order valence-corrected chi connectivity index (χ0v) is 6.19. The van der Waals surface area contributed by atoms with Crippen molar-refractivity contribution in [2.24, 2.45) is 5.92 Å². The smallest absolute Gasteiger partial charge is 0.247 e. The summed E-state index contributed by atoms with van der Waals surface area (Å²) in [5.74, 6) is -1.93. The van der Waals surface area contributed by atoms with Gasteiger partial charge in [0.25, 0.3) is 0 Å². The Bertz CT molecular complexity index is 137. The Kier molecular flexibility index (Phi) is 2.90. The first kappa shape index (κ1) is 9.74. The van der Waals surface area contributed by atoms with Gasteiger partial charge in [-0.05, 0) is 0 Å². The van der Waals surface area contributed by atoms with Gasteiger partial charge in [-0.1, -0.05) is 0 Å². The number of rotatable bonds is 1. The number of alkyl halides is 5. The summed E-state index contributed by atoms with van der Waals surface area (Å²) in [6, 6.07) is 0. The third-order valence-corrected chi connectivity index (χ3v) is 2.09. The summed E-state index contributed by atoms with van der Waals surface area (Å²) in [5, 5.41) is 0. The summed E-state index contributed by atoms with van der Waals surface area (Å²) in [6.45, 7) is 0. The molecule has 1 saturated carbocycles. The molecule has 0 bridgehead atoms. The molecule has 72 valence electrons. The van der Waals surface area contributed by atoms with Crippen molar-refractivity contribution < 1.29 is 22.0 Å². The highest BCUT2D eigenvalue weighted by molar-refractivity contribution is 4.88. The summed E-state index contributed by atoms with van der Waals surface area (Å²) in [6.07, 6.45) is -9.97. The molecule has 0 aromatic carbocycles. The van der Waals surface area contributed by atoms with E-state index in [1.165, 1.54) is 0 Å². The zero-order valence-electron chi connectivity index (χ0n) is 6.19. The van der Waals surface area contributed by atoms with Crippen LogP contribution < -0.4 is 0 Å². The van der Waals surface area contributed by atoms with Gasteiger partial charge in [0.1, 0.15) is 18.5 Å². The highest BCUT2D eigenvalue weighted by atomic mass is 19.3. The molecule has 0 aromatic heterocycles. The van der Waals surface area contributed by atoms with Gasteiger partial charge in [0, 0.05) is 12.8 Å². The molecule has 2 unspecified atom stereocenters. The Morgan fingerprint density at radius 1 is 0.917 bits per heavy atom. The van der Waals surface area contributed by atoms with Crippen molar-refractivity contribution in [2.75, 3.05) is 0 Å². The second kappa shape index (κ2) is 3.58. The molecule has 1 rings (SSSR count). The summed E-state index contributed by atoms with van der Waals surface area (Å²) in [5.41, 5.74) is 0. The van der Waals surface area contributed by atoms with Crippen LogP contribution >= 0.6 is 0 Å². The molecule has 1 aliphatic rings. The minimum absolute atomic E-state index is 0.602. The van der Waals surface area contributed by atoms with E-state index in [1.807, 2.05) is 0 Å². The quantitative estimate of drug-likeness (QED) is 0.555. The normalized spacial score (nSPS) is 43.5. The third-order valence-electron chi connectivity index (χ3n) is 2.09. The summed E-state index contributed by atoms with van der Waals surface area (Å²) >= 11 is 0. The Morgan fingerprint density at radius 3 is 1.67 bits per heavy atom. The van der Waals surface area contributed by atoms with Crippen LogP contribution in [0.15, 0.2) is 0 Å². The highest BCUT2D eigenvalue weighted by Gasteiger charge is 2.43. The fraction of sp³-hybridized carbons (Fsp3) is 1.00. The summed E-state index contributed by atoms with van der Waals surface area (Å²) in [7, 11) is 0. The first-order valence-corrected chi connectivity index (χ1v) is 3.72. The van der Waals surface area contributed by atoms with Crippen LogP contribution in [0.25, 0.3) is 0 Å². The van der Waals surface area contributed by atoms with Crippen LogP contribution in [0.1, 0.15) is 12.8 Å². The molecule has 0 amide bonds. The van der Waals surface area contributed by atoms with Crippen LogP contribution in [0.2, 0.25) is 0 Å². The maximum absolute atomic E-state index is 12.6. The molecule has 0 N–H and O–H groups in total. The fourth-order valence-corrected chi connectivity index (χ4v) is 1.44. The predicted molar refractivity (Wildman–Crippen MR) is 33.4 cm³/mol. The molecule has 1 aliphatic carbocycles. The molecule has 1 fully saturated rings. The monoisotopic (exact) mass is 188 g/mol. The van der Waals surface area contributed by atoms with E-state index < -0.39 is 43.7 Å². The minimum Gasteiger partial charge on any atom is -0.247 e. The van der Waals surface area contributed by atoms with E-state index in [9.17, 15) is 22.0 Å². The van der Waals surface area contributed by atoms with Crippen molar-refractivity contribution in [1.29, 1.82) is 0 Å². The van der Waals surface area contributed by atoms with E-state index in [1.54, 1.807) is 0 Å². The summed E-state index contributed by atoms with van der Waals surface area (Å²) < 4.78 is 61.6. The lowest BCUT2D eigenvalue weighted by Crippen LogP contribution is -2.40. The maximum Gasteiger partial charge on any atom is 0.247 e. The van der Waals surface area contributed by atoms with E-state index >= 15 is 0 Å². The molecule has 0 heterocycles. The number of hydrogen-bond acceptors (Lipinski definition) is 0.